The van der Waals surface area contributed by atoms with E-state index in [4.69, 9.17) is 46.4 Å². The van der Waals surface area contributed by atoms with Crippen molar-refractivity contribution < 1.29 is 4.39 Å². The van der Waals surface area contributed by atoms with Gasteiger partial charge in [0, 0.05) is 16.3 Å². The minimum Gasteiger partial charge on any atom is -0.282 e. The first kappa shape index (κ1) is 15.6. The first-order chi connectivity index (χ1) is 10.5. The molecule has 0 spiro atoms. The van der Waals surface area contributed by atoms with E-state index in [1.54, 1.807) is 28.8 Å². The Morgan fingerprint density at radius 1 is 0.909 bits per heavy atom. The molecule has 0 N–H and O–H groups in total. The maximum atomic E-state index is 13.3. The molecule has 112 valence electrons. The van der Waals surface area contributed by atoms with Gasteiger partial charge in [-0.15, -0.1) is 0 Å². The minimum absolute atomic E-state index is 0.169. The van der Waals surface area contributed by atoms with Crippen molar-refractivity contribution in [2.45, 2.75) is 0 Å². The van der Waals surface area contributed by atoms with Crippen LogP contribution in [0.5, 0.6) is 0 Å². The first-order valence-corrected chi connectivity index (χ1v) is 7.63. The van der Waals surface area contributed by atoms with Gasteiger partial charge in [0.15, 0.2) is 5.15 Å². The summed E-state index contributed by atoms with van der Waals surface area (Å²) >= 11 is 24.4. The Balaban J connectivity index is 2.26. The van der Waals surface area contributed by atoms with Crippen LogP contribution < -0.4 is 0 Å². The number of nitrogens with zero attached hydrogens (tertiary/aromatic N) is 2. The van der Waals surface area contributed by atoms with Crippen molar-refractivity contribution in [1.82, 2.24) is 9.55 Å². The van der Waals surface area contributed by atoms with Crippen molar-refractivity contribution >= 4 is 46.4 Å². The summed E-state index contributed by atoms with van der Waals surface area (Å²) < 4.78 is 14.9. The van der Waals surface area contributed by atoms with Gasteiger partial charge in [-0.2, -0.15) is 0 Å². The predicted octanol–water partition coefficient (Wildman–Crippen LogP) is 6.29. The Kier molecular flexibility index (Phi) is 4.33. The van der Waals surface area contributed by atoms with Crippen molar-refractivity contribution in [3.8, 4) is 16.9 Å². The number of halogens is 5. The number of rotatable bonds is 2. The van der Waals surface area contributed by atoms with Gasteiger partial charge in [0.1, 0.15) is 5.82 Å². The summed E-state index contributed by atoms with van der Waals surface area (Å²) in [6.07, 6.45) is 0. The van der Waals surface area contributed by atoms with Gasteiger partial charge in [-0.1, -0.05) is 34.8 Å². The molecule has 2 aromatic carbocycles. The fourth-order valence-electron chi connectivity index (χ4n) is 2.11. The molecule has 22 heavy (non-hydrogen) atoms. The fraction of sp³-hybridized carbons (Fsp3) is 0. The number of imidazole rings is 1. The summed E-state index contributed by atoms with van der Waals surface area (Å²) in [4.78, 5) is 4.06. The van der Waals surface area contributed by atoms with Gasteiger partial charge in [0.25, 0.3) is 0 Å². The van der Waals surface area contributed by atoms with E-state index in [-0.39, 0.29) is 15.5 Å². The highest BCUT2D eigenvalue weighted by Gasteiger charge is 2.20. The Morgan fingerprint density at radius 3 is 2.23 bits per heavy atom. The van der Waals surface area contributed by atoms with E-state index in [1.807, 2.05) is 0 Å². The number of aromatic nitrogens is 2. The molecule has 2 nitrogen and oxygen atoms in total. The molecule has 1 heterocycles. The second-order valence-corrected chi connectivity index (χ2v) is 6.00. The monoisotopic (exact) mass is 374 g/mol. The molecule has 0 saturated carbocycles. The Bertz CT molecular complexity index is 843. The van der Waals surface area contributed by atoms with Crippen LogP contribution in [0.15, 0.2) is 42.5 Å². The number of hydrogen-bond donors (Lipinski definition) is 0. The molecule has 1 aromatic heterocycles. The Labute approximate surface area is 146 Å². The Hall–Kier alpha value is -1.26. The molecule has 0 unspecified atom stereocenters. The summed E-state index contributed by atoms with van der Waals surface area (Å²) in [5.41, 5.74) is 1.73. The molecule has 0 aliphatic carbocycles. The zero-order chi connectivity index (χ0) is 15.9. The quantitative estimate of drug-likeness (QED) is 0.514. The molecule has 0 saturated heterocycles. The highest BCUT2D eigenvalue weighted by molar-refractivity contribution is 6.37. The molecule has 0 radical (unpaired) electrons. The van der Waals surface area contributed by atoms with Crippen LogP contribution in [0, 0.1) is 5.82 Å². The van der Waals surface area contributed by atoms with Gasteiger partial charge in [0.2, 0.25) is 5.28 Å². The molecule has 3 aromatic rings. The number of hydrogen-bond acceptors (Lipinski definition) is 1. The van der Waals surface area contributed by atoms with Crippen LogP contribution in [0.2, 0.25) is 20.5 Å². The normalized spacial score (nSPS) is 11.0. The third-order valence-electron chi connectivity index (χ3n) is 3.07. The lowest BCUT2D eigenvalue weighted by Crippen LogP contribution is -1.97. The molecule has 0 atom stereocenters. The predicted molar refractivity (Wildman–Crippen MR) is 89.0 cm³/mol. The van der Waals surface area contributed by atoms with Crippen molar-refractivity contribution in [3.05, 3.63) is 68.8 Å². The van der Waals surface area contributed by atoms with E-state index >= 15 is 0 Å². The lowest BCUT2D eigenvalue weighted by atomic mass is 10.1. The third kappa shape index (κ3) is 2.82. The maximum absolute atomic E-state index is 13.3. The van der Waals surface area contributed by atoms with Crippen molar-refractivity contribution in [2.75, 3.05) is 0 Å². The lowest BCUT2D eigenvalue weighted by molar-refractivity contribution is 0.628. The van der Waals surface area contributed by atoms with Gasteiger partial charge in [0.05, 0.1) is 10.7 Å². The van der Waals surface area contributed by atoms with Crippen LogP contribution in [-0.4, -0.2) is 9.55 Å². The SMILES string of the molecule is Fc1ccc(-c2c(Cl)nc(Cl)n2-c2ccc(Cl)cc2)c(Cl)c1. The van der Waals surface area contributed by atoms with E-state index in [9.17, 15) is 4.39 Å². The molecule has 7 heteroatoms. The second kappa shape index (κ2) is 6.09. The maximum Gasteiger partial charge on any atom is 0.209 e. The van der Waals surface area contributed by atoms with Crippen LogP contribution in [-0.2, 0) is 0 Å². The van der Waals surface area contributed by atoms with Crippen molar-refractivity contribution in [1.29, 1.82) is 0 Å². The first-order valence-electron chi connectivity index (χ1n) is 6.12. The van der Waals surface area contributed by atoms with E-state index in [0.717, 1.165) is 0 Å². The average molecular weight is 376 g/mol. The molecular weight excluding hydrogens is 369 g/mol. The van der Waals surface area contributed by atoms with Crippen LogP contribution in [0.3, 0.4) is 0 Å². The summed E-state index contributed by atoms with van der Waals surface area (Å²) in [5.74, 6) is -0.437. The van der Waals surface area contributed by atoms with Crippen LogP contribution in [0.1, 0.15) is 0 Å². The molecule has 0 amide bonds. The van der Waals surface area contributed by atoms with Crippen molar-refractivity contribution in [2.24, 2.45) is 0 Å². The standard InChI is InChI=1S/C15H7Cl4FN2/c16-8-1-4-10(5-2-8)22-13(14(18)21-15(22)19)11-6-3-9(20)7-12(11)17/h1-7H. The van der Waals surface area contributed by atoms with Gasteiger partial charge in [-0.05, 0) is 54.1 Å². The third-order valence-corrected chi connectivity index (χ3v) is 4.15. The topological polar surface area (TPSA) is 17.8 Å². The van der Waals surface area contributed by atoms with E-state index in [0.29, 0.717) is 22.0 Å². The van der Waals surface area contributed by atoms with Crippen molar-refractivity contribution in [3.63, 3.8) is 0 Å². The highest BCUT2D eigenvalue weighted by Crippen LogP contribution is 2.37. The molecule has 0 aliphatic heterocycles. The molecule has 0 aliphatic rings. The summed E-state index contributed by atoms with van der Waals surface area (Å²) in [6.45, 7) is 0. The molecule has 3 rings (SSSR count). The summed E-state index contributed by atoms with van der Waals surface area (Å²) in [6, 6.07) is 11.0. The number of benzene rings is 2. The van der Waals surface area contributed by atoms with Gasteiger partial charge >= 0.3 is 0 Å². The van der Waals surface area contributed by atoms with Gasteiger partial charge in [-0.3, -0.25) is 4.57 Å². The zero-order valence-electron chi connectivity index (χ0n) is 10.8. The van der Waals surface area contributed by atoms with E-state index in [2.05, 4.69) is 4.98 Å². The average Bonchev–Trinajstić information content (AvgIpc) is 2.75. The smallest absolute Gasteiger partial charge is 0.209 e. The van der Waals surface area contributed by atoms with Gasteiger partial charge < -0.3 is 0 Å². The largest absolute Gasteiger partial charge is 0.282 e. The van der Waals surface area contributed by atoms with E-state index in [1.165, 1.54) is 18.2 Å². The lowest BCUT2D eigenvalue weighted by Gasteiger charge is -2.11. The summed E-state index contributed by atoms with van der Waals surface area (Å²) in [5, 5.41) is 1.15. The van der Waals surface area contributed by atoms with Crippen LogP contribution >= 0.6 is 46.4 Å². The zero-order valence-corrected chi connectivity index (χ0v) is 13.8. The fourth-order valence-corrected chi connectivity index (χ4v) is 3.07. The van der Waals surface area contributed by atoms with Gasteiger partial charge in [-0.25, -0.2) is 9.37 Å². The highest BCUT2D eigenvalue weighted by atomic mass is 35.5. The molecule has 0 fully saturated rings. The molecule has 0 bridgehead atoms. The van der Waals surface area contributed by atoms with E-state index < -0.39 is 5.82 Å². The minimum atomic E-state index is -0.437. The van der Waals surface area contributed by atoms with Crippen LogP contribution in [0.4, 0.5) is 4.39 Å². The second-order valence-electron chi connectivity index (χ2n) is 4.46. The summed E-state index contributed by atoms with van der Waals surface area (Å²) in [7, 11) is 0. The van der Waals surface area contributed by atoms with Crippen LogP contribution in [0.25, 0.3) is 16.9 Å². The Morgan fingerprint density at radius 2 is 1.59 bits per heavy atom. The molecular formula is C15H7Cl4FN2.